The highest BCUT2D eigenvalue weighted by Gasteiger charge is 2.50. The van der Waals surface area contributed by atoms with Crippen LogP contribution in [0.1, 0.15) is 12.5 Å². The van der Waals surface area contributed by atoms with Crippen LogP contribution in [-0.4, -0.2) is 42.3 Å². The van der Waals surface area contributed by atoms with Crippen LogP contribution >= 0.6 is 43.6 Å². The van der Waals surface area contributed by atoms with E-state index in [0.717, 1.165) is 20.2 Å². The van der Waals surface area contributed by atoms with E-state index < -0.39 is 9.84 Å². The lowest BCUT2D eigenvalue weighted by Crippen LogP contribution is -2.38. The minimum Gasteiger partial charge on any atom is -0.313 e. The molecule has 0 saturated carbocycles. The maximum atomic E-state index is 12.0. The molecule has 0 radical (unpaired) electrons. The van der Waals surface area contributed by atoms with Crippen LogP contribution < -0.4 is 4.90 Å². The third-order valence-electron chi connectivity index (χ3n) is 3.72. The third-order valence-corrected chi connectivity index (χ3v) is 8.14. The summed E-state index contributed by atoms with van der Waals surface area (Å²) in [6, 6.07) is 3.72. The molecule has 2 aliphatic rings. The summed E-state index contributed by atoms with van der Waals surface area (Å²) in [6.07, 6.45) is 0. The maximum absolute atomic E-state index is 12.0. The molecule has 2 aliphatic heterocycles. The second-order valence-electron chi connectivity index (χ2n) is 5.66. The summed E-state index contributed by atoms with van der Waals surface area (Å²) in [5.74, 6) is -0.0923. The summed E-state index contributed by atoms with van der Waals surface area (Å²) < 4.78 is 25.7. The molecule has 0 N–H and O–H groups in total. The molecule has 2 saturated heterocycles. The number of hydrogen-bond acceptors (Lipinski definition) is 4. The smallest absolute Gasteiger partial charge is 0.244 e. The number of aryl methyl sites for hydroxylation is 1. The average Bonchev–Trinajstić information content (AvgIpc) is 2.81. The normalized spacial score (nSPS) is 27.5. The Hall–Kier alpha value is -0.380. The summed E-state index contributed by atoms with van der Waals surface area (Å²) in [7, 11) is -3.07. The first-order chi connectivity index (χ1) is 10.7. The summed E-state index contributed by atoms with van der Waals surface area (Å²) in [5.41, 5.74) is 1.88. The fourth-order valence-corrected chi connectivity index (χ4v) is 8.62. The third kappa shape index (κ3) is 3.38. The van der Waals surface area contributed by atoms with Gasteiger partial charge in [-0.2, -0.15) is 4.99 Å². The van der Waals surface area contributed by atoms with Crippen LogP contribution in [0.4, 0.5) is 5.69 Å². The van der Waals surface area contributed by atoms with E-state index in [1.165, 1.54) is 18.7 Å². The van der Waals surface area contributed by atoms with Gasteiger partial charge >= 0.3 is 0 Å². The predicted octanol–water partition coefficient (Wildman–Crippen LogP) is 3.14. The van der Waals surface area contributed by atoms with Crippen molar-refractivity contribution in [1.82, 2.24) is 0 Å². The van der Waals surface area contributed by atoms with Crippen LogP contribution in [0.25, 0.3) is 0 Å². The van der Waals surface area contributed by atoms with Gasteiger partial charge in [-0.05, 0) is 56.5 Å². The molecule has 3 rings (SSSR count). The zero-order chi connectivity index (χ0) is 16.9. The van der Waals surface area contributed by atoms with E-state index in [0.29, 0.717) is 5.17 Å². The fraction of sp³-hybridized carbons (Fsp3) is 0.429. The molecule has 1 aromatic rings. The molecule has 1 amide bonds. The van der Waals surface area contributed by atoms with E-state index >= 15 is 0 Å². The van der Waals surface area contributed by atoms with Crippen LogP contribution in [0.3, 0.4) is 0 Å². The molecule has 0 bridgehead atoms. The van der Waals surface area contributed by atoms with Gasteiger partial charge in [0.25, 0.3) is 0 Å². The van der Waals surface area contributed by atoms with Crippen molar-refractivity contribution < 1.29 is 13.2 Å². The van der Waals surface area contributed by atoms with Crippen molar-refractivity contribution in [2.24, 2.45) is 4.99 Å². The van der Waals surface area contributed by atoms with Gasteiger partial charge in [-0.25, -0.2) is 8.42 Å². The minimum absolute atomic E-state index is 0.0777. The molecular weight excluding hydrogens is 468 g/mol. The monoisotopic (exact) mass is 480 g/mol. The van der Waals surface area contributed by atoms with Crippen molar-refractivity contribution in [2.45, 2.75) is 25.1 Å². The number of benzene rings is 1. The largest absolute Gasteiger partial charge is 0.313 e. The van der Waals surface area contributed by atoms with Gasteiger partial charge in [0.1, 0.15) is 0 Å². The molecule has 0 unspecified atom stereocenters. The highest BCUT2D eigenvalue weighted by molar-refractivity contribution is 9.11. The van der Waals surface area contributed by atoms with Crippen LogP contribution in [0.2, 0.25) is 0 Å². The number of carbonyl (C=O) groups excluding carboxylic acids is 1. The lowest BCUT2D eigenvalue weighted by Gasteiger charge is -2.27. The number of sulfone groups is 1. The quantitative estimate of drug-likeness (QED) is 0.616. The van der Waals surface area contributed by atoms with Crippen molar-refractivity contribution in [3.8, 4) is 0 Å². The van der Waals surface area contributed by atoms with E-state index in [-0.39, 0.29) is 28.7 Å². The fourth-order valence-electron chi connectivity index (χ4n) is 2.88. The first-order valence-corrected chi connectivity index (χ1v) is 11.2. The standard InChI is InChI=1S/C14H14Br2N2O3S2/c1-7-3-9(15)13(10(16)4-7)18-11-5-23(20,21)6-12(11)22-14(18)17-8(2)19/h3-4,11-12H,5-6H2,1-2H3/t11-,12+/m0/s1. The molecule has 1 aromatic carbocycles. The molecule has 124 valence electrons. The number of thioether (sulfide) groups is 1. The van der Waals surface area contributed by atoms with Crippen molar-refractivity contribution in [2.75, 3.05) is 16.4 Å². The van der Waals surface area contributed by atoms with Gasteiger partial charge < -0.3 is 4.90 Å². The highest BCUT2D eigenvalue weighted by atomic mass is 79.9. The molecule has 2 fully saturated rings. The Morgan fingerprint density at radius 1 is 1.30 bits per heavy atom. The van der Waals surface area contributed by atoms with Crippen LogP contribution in [0.5, 0.6) is 0 Å². The van der Waals surface area contributed by atoms with Crippen molar-refractivity contribution in [1.29, 1.82) is 0 Å². The molecule has 0 aromatic heterocycles. The Balaban J connectivity index is 2.14. The molecule has 0 spiro atoms. The first kappa shape index (κ1) is 17.4. The van der Waals surface area contributed by atoms with Crippen molar-refractivity contribution in [3.63, 3.8) is 0 Å². The number of carbonyl (C=O) groups is 1. The highest BCUT2D eigenvalue weighted by Crippen LogP contribution is 2.46. The number of halogens is 2. The average molecular weight is 482 g/mol. The van der Waals surface area contributed by atoms with Gasteiger partial charge in [0.2, 0.25) is 5.91 Å². The Labute approximate surface area is 156 Å². The lowest BCUT2D eigenvalue weighted by atomic mass is 10.1. The number of hydrogen-bond donors (Lipinski definition) is 0. The van der Waals surface area contributed by atoms with E-state index in [4.69, 9.17) is 0 Å². The van der Waals surface area contributed by atoms with Crippen molar-refractivity contribution >= 4 is 70.2 Å². The summed E-state index contributed by atoms with van der Waals surface area (Å²) >= 11 is 8.48. The van der Waals surface area contributed by atoms with Gasteiger partial charge in [0.15, 0.2) is 15.0 Å². The van der Waals surface area contributed by atoms with E-state index in [1.807, 2.05) is 24.0 Å². The topological polar surface area (TPSA) is 66.8 Å². The number of fused-ring (bicyclic) bond motifs is 1. The zero-order valence-corrected chi connectivity index (χ0v) is 17.2. The molecule has 9 heteroatoms. The Morgan fingerprint density at radius 3 is 2.48 bits per heavy atom. The Bertz CT molecular complexity index is 800. The van der Waals surface area contributed by atoms with Gasteiger partial charge in [-0.3, -0.25) is 4.79 Å². The Morgan fingerprint density at radius 2 is 1.91 bits per heavy atom. The number of amides is 1. The maximum Gasteiger partial charge on any atom is 0.244 e. The van der Waals surface area contributed by atoms with Gasteiger partial charge in [-0.1, -0.05) is 11.8 Å². The first-order valence-electron chi connectivity index (χ1n) is 6.89. The number of nitrogens with zero attached hydrogens (tertiary/aromatic N) is 2. The Kier molecular flexibility index (Phi) is 4.67. The predicted molar refractivity (Wildman–Crippen MR) is 101 cm³/mol. The van der Waals surface area contributed by atoms with Crippen LogP contribution in [0.15, 0.2) is 26.1 Å². The zero-order valence-electron chi connectivity index (χ0n) is 12.4. The SMILES string of the molecule is CC(=O)N=C1S[C@@H]2CS(=O)(=O)C[C@@H]2N1c1c(Br)cc(C)cc1Br. The second-order valence-corrected chi connectivity index (χ2v) is 10.7. The molecule has 5 nitrogen and oxygen atoms in total. The molecule has 2 atom stereocenters. The van der Waals surface area contributed by atoms with Gasteiger partial charge in [0, 0.05) is 21.1 Å². The minimum atomic E-state index is -3.07. The second kappa shape index (κ2) is 6.16. The van der Waals surface area contributed by atoms with Crippen LogP contribution in [0, 0.1) is 6.92 Å². The summed E-state index contributed by atoms with van der Waals surface area (Å²) in [5, 5.41) is 0.464. The van der Waals surface area contributed by atoms with E-state index in [2.05, 4.69) is 36.9 Å². The number of rotatable bonds is 1. The number of amidine groups is 1. The lowest BCUT2D eigenvalue weighted by molar-refractivity contribution is -0.115. The molecular formula is C14H14Br2N2O3S2. The summed E-state index contributed by atoms with van der Waals surface area (Å²) in [6.45, 7) is 3.38. The summed E-state index contributed by atoms with van der Waals surface area (Å²) in [4.78, 5) is 17.5. The number of aliphatic imine (C=N–C) groups is 1. The van der Waals surface area contributed by atoms with Crippen LogP contribution in [-0.2, 0) is 14.6 Å². The van der Waals surface area contributed by atoms with Crippen molar-refractivity contribution in [3.05, 3.63) is 26.6 Å². The van der Waals surface area contributed by atoms with Gasteiger partial charge in [-0.15, -0.1) is 0 Å². The van der Waals surface area contributed by atoms with E-state index in [9.17, 15) is 13.2 Å². The molecule has 2 heterocycles. The van der Waals surface area contributed by atoms with Gasteiger partial charge in [0.05, 0.1) is 23.2 Å². The number of anilines is 1. The molecule has 23 heavy (non-hydrogen) atoms. The molecule has 0 aliphatic carbocycles. The van der Waals surface area contributed by atoms with E-state index in [1.54, 1.807) is 0 Å².